The summed E-state index contributed by atoms with van der Waals surface area (Å²) < 4.78 is 72.0. The molecule has 1 fully saturated rings. The number of anilines is 2. The number of aromatic nitrogens is 1. The molecule has 1 aromatic heterocycles. The SMILES string of the molecule is CC(C)(C)OC(=O)Nc1ccc(S(=O)(=O)N2CCN(c3ccc(C(O)(CO)C(F)(F)F)cc3)CC2)cn1. The number of hydrogen-bond acceptors (Lipinski definition) is 8. The van der Waals surface area contributed by atoms with Crippen molar-refractivity contribution in [2.45, 2.75) is 43.0 Å². The summed E-state index contributed by atoms with van der Waals surface area (Å²) in [6, 6.07) is 7.60. The van der Waals surface area contributed by atoms with Gasteiger partial charge in [0.1, 0.15) is 16.3 Å². The topological polar surface area (TPSA) is 132 Å². The van der Waals surface area contributed by atoms with Gasteiger partial charge in [-0.1, -0.05) is 12.1 Å². The molecule has 1 unspecified atom stereocenters. The van der Waals surface area contributed by atoms with Crippen LogP contribution >= 0.6 is 0 Å². The molecule has 1 saturated heterocycles. The second kappa shape index (κ2) is 10.4. The summed E-state index contributed by atoms with van der Waals surface area (Å²) in [6.07, 6.45) is -4.64. The number of aliphatic hydroxyl groups excluding tert-OH is 1. The monoisotopic (exact) mass is 546 g/mol. The molecule has 0 bridgehead atoms. The van der Waals surface area contributed by atoms with E-state index in [0.717, 1.165) is 18.3 Å². The number of carbonyl (C=O) groups is 1. The van der Waals surface area contributed by atoms with Gasteiger partial charge in [0.05, 0.1) is 6.61 Å². The molecule has 1 amide bonds. The Morgan fingerprint density at radius 3 is 2.11 bits per heavy atom. The van der Waals surface area contributed by atoms with Gasteiger partial charge in [-0.25, -0.2) is 18.2 Å². The fourth-order valence-electron chi connectivity index (χ4n) is 3.64. The number of hydrogen-bond donors (Lipinski definition) is 3. The third-order valence-corrected chi connectivity index (χ3v) is 7.53. The minimum atomic E-state index is -5.05. The lowest BCUT2D eigenvalue weighted by Gasteiger charge is -2.35. The Morgan fingerprint density at radius 2 is 1.65 bits per heavy atom. The van der Waals surface area contributed by atoms with E-state index in [-0.39, 0.29) is 36.9 Å². The van der Waals surface area contributed by atoms with Gasteiger partial charge in [0.2, 0.25) is 15.6 Å². The third-order valence-electron chi connectivity index (χ3n) is 5.65. The van der Waals surface area contributed by atoms with Crippen LogP contribution in [0, 0.1) is 0 Å². The van der Waals surface area contributed by atoms with Crippen LogP contribution in [0.2, 0.25) is 0 Å². The van der Waals surface area contributed by atoms with Crippen LogP contribution < -0.4 is 10.2 Å². The highest BCUT2D eigenvalue weighted by molar-refractivity contribution is 7.89. The molecule has 1 aromatic carbocycles. The molecular formula is C23H29F3N4O6S. The van der Waals surface area contributed by atoms with Crippen LogP contribution in [-0.4, -0.2) is 78.6 Å². The number of nitrogens with one attached hydrogen (secondary N) is 1. The van der Waals surface area contributed by atoms with Crippen molar-refractivity contribution in [1.82, 2.24) is 9.29 Å². The fraction of sp³-hybridized carbons (Fsp3) is 0.478. The van der Waals surface area contributed by atoms with E-state index < -0.39 is 45.7 Å². The van der Waals surface area contributed by atoms with E-state index in [1.54, 1.807) is 25.7 Å². The molecule has 2 aromatic rings. The Morgan fingerprint density at radius 1 is 1.05 bits per heavy atom. The maximum absolute atomic E-state index is 13.2. The lowest BCUT2D eigenvalue weighted by atomic mass is 9.94. The lowest BCUT2D eigenvalue weighted by Crippen LogP contribution is -2.48. The second-order valence-electron chi connectivity index (χ2n) is 9.46. The van der Waals surface area contributed by atoms with E-state index in [0.29, 0.717) is 5.69 Å². The number of sulfonamides is 1. The number of benzene rings is 1. The molecule has 0 saturated carbocycles. The molecule has 37 heavy (non-hydrogen) atoms. The van der Waals surface area contributed by atoms with E-state index in [2.05, 4.69) is 10.3 Å². The normalized spacial score (nSPS) is 17.2. The lowest BCUT2D eigenvalue weighted by molar-refractivity contribution is -0.277. The number of carbonyl (C=O) groups excluding carboxylic acids is 1. The molecular weight excluding hydrogens is 517 g/mol. The van der Waals surface area contributed by atoms with Crippen molar-refractivity contribution < 1.29 is 41.3 Å². The Kier molecular flexibility index (Phi) is 8.08. The zero-order valence-electron chi connectivity index (χ0n) is 20.5. The highest BCUT2D eigenvalue weighted by Gasteiger charge is 2.54. The molecule has 10 nitrogen and oxygen atoms in total. The Bertz CT molecular complexity index is 1190. The number of aliphatic hydroxyl groups is 2. The predicted molar refractivity (Wildman–Crippen MR) is 129 cm³/mol. The zero-order chi connectivity index (χ0) is 27.6. The Hall–Kier alpha value is -2.94. The summed E-state index contributed by atoms with van der Waals surface area (Å²) in [5.74, 6) is 0.125. The van der Waals surface area contributed by atoms with Crippen LogP contribution in [0.25, 0.3) is 0 Å². The molecule has 1 aliphatic heterocycles. The van der Waals surface area contributed by atoms with Crippen molar-refractivity contribution in [3.8, 4) is 0 Å². The molecule has 0 aliphatic carbocycles. The van der Waals surface area contributed by atoms with Crippen LogP contribution in [0.3, 0.4) is 0 Å². The van der Waals surface area contributed by atoms with E-state index in [4.69, 9.17) is 9.84 Å². The van der Waals surface area contributed by atoms with Crippen LogP contribution in [0.5, 0.6) is 0 Å². The summed E-state index contributed by atoms with van der Waals surface area (Å²) >= 11 is 0. The quantitative estimate of drug-likeness (QED) is 0.504. The molecule has 3 rings (SSSR count). The number of alkyl halides is 3. The van der Waals surface area contributed by atoms with Crippen molar-refractivity contribution in [2.75, 3.05) is 43.0 Å². The maximum Gasteiger partial charge on any atom is 0.423 e. The highest BCUT2D eigenvalue weighted by atomic mass is 32.2. The van der Waals surface area contributed by atoms with Gasteiger partial charge in [0, 0.05) is 38.1 Å². The molecule has 3 N–H and O–H groups in total. The van der Waals surface area contributed by atoms with Crippen LogP contribution in [0.1, 0.15) is 26.3 Å². The van der Waals surface area contributed by atoms with Crippen molar-refractivity contribution >= 4 is 27.6 Å². The summed E-state index contributed by atoms with van der Waals surface area (Å²) in [4.78, 5) is 17.6. The van der Waals surface area contributed by atoms with Crippen LogP contribution in [-0.2, 0) is 20.4 Å². The largest absolute Gasteiger partial charge is 0.444 e. The van der Waals surface area contributed by atoms with E-state index in [1.165, 1.54) is 28.6 Å². The highest BCUT2D eigenvalue weighted by Crippen LogP contribution is 2.39. The Labute approximate surface area is 212 Å². The van der Waals surface area contributed by atoms with Crippen molar-refractivity contribution in [1.29, 1.82) is 0 Å². The Balaban J connectivity index is 1.63. The number of pyridine rings is 1. The van der Waals surface area contributed by atoms with Gasteiger partial charge < -0.3 is 19.8 Å². The first-order chi connectivity index (χ1) is 17.1. The predicted octanol–water partition coefficient (Wildman–Crippen LogP) is 2.68. The van der Waals surface area contributed by atoms with E-state index in [9.17, 15) is 31.5 Å². The fourth-order valence-corrected chi connectivity index (χ4v) is 5.01. The minimum Gasteiger partial charge on any atom is -0.444 e. The van der Waals surface area contributed by atoms with Crippen molar-refractivity contribution in [2.24, 2.45) is 0 Å². The molecule has 0 radical (unpaired) electrons. The van der Waals surface area contributed by atoms with Gasteiger partial charge in [0.25, 0.3) is 0 Å². The second-order valence-corrected chi connectivity index (χ2v) is 11.4. The number of nitrogens with zero attached hydrogens (tertiary/aromatic N) is 3. The first-order valence-electron chi connectivity index (χ1n) is 11.3. The van der Waals surface area contributed by atoms with Crippen molar-refractivity contribution in [3.63, 3.8) is 0 Å². The van der Waals surface area contributed by atoms with E-state index in [1.807, 2.05) is 0 Å². The van der Waals surface area contributed by atoms with Gasteiger partial charge in [-0.3, -0.25) is 5.32 Å². The van der Waals surface area contributed by atoms with Crippen LogP contribution in [0.4, 0.5) is 29.5 Å². The zero-order valence-corrected chi connectivity index (χ0v) is 21.3. The van der Waals surface area contributed by atoms with Crippen molar-refractivity contribution in [3.05, 3.63) is 48.2 Å². The first-order valence-corrected chi connectivity index (χ1v) is 12.7. The number of ether oxygens (including phenoxy) is 1. The van der Waals surface area contributed by atoms with Crippen LogP contribution in [0.15, 0.2) is 47.5 Å². The molecule has 2 heterocycles. The van der Waals surface area contributed by atoms with Gasteiger partial charge in [-0.15, -0.1) is 0 Å². The summed E-state index contributed by atoms with van der Waals surface area (Å²) in [5.41, 5.74) is -4.03. The van der Waals surface area contributed by atoms with Gasteiger partial charge >= 0.3 is 12.3 Å². The number of piperazine rings is 1. The smallest absolute Gasteiger partial charge is 0.423 e. The molecule has 1 atom stereocenters. The number of halogens is 3. The van der Waals surface area contributed by atoms with Gasteiger partial charge in [-0.2, -0.15) is 17.5 Å². The standard InChI is InChI=1S/C23H29F3N4O6S/c1-21(2,3)36-20(32)28-19-9-8-18(14-27-19)37(34,35)30-12-10-29(11-13-30)17-6-4-16(5-7-17)22(33,15-31)23(24,25)26/h4-9,14,31,33H,10-13,15H2,1-3H3,(H,27,28,32). The summed E-state index contributed by atoms with van der Waals surface area (Å²) in [5, 5.41) is 21.4. The maximum atomic E-state index is 13.2. The average molecular weight is 547 g/mol. The van der Waals surface area contributed by atoms with E-state index >= 15 is 0 Å². The molecule has 1 aliphatic rings. The summed E-state index contributed by atoms with van der Waals surface area (Å²) in [7, 11) is -3.87. The average Bonchev–Trinajstić information content (AvgIpc) is 2.82. The third kappa shape index (κ3) is 6.50. The summed E-state index contributed by atoms with van der Waals surface area (Å²) in [6.45, 7) is 4.37. The minimum absolute atomic E-state index is 0.0597. The number of rotatable bonds is 6. The molecule has 14 heteroatoms. The molecule has 204 valence electrons. The van der Waals surface area contributed by atoms with Gasteiger partial charge in [-0.05, 0) is 50.6 Å². The van der Waals surface area contributed by atoms with Gasteiger partial charge in [0.15, 0.2) is 0 Å². The first kappa shape index (κ1) is 28.6. The molecule has 0 spiro atoms. The number of amides is 1.